The first-order valence-electron chi connectivity index (χ1n) is 6.10. The van der Waals surface area contributed by atoms with Gasteiger partial charge in [-0.05, 0) is 42.2 Å². The number of rotatable bonds is 4. The predicted octanol–water partition coefficient (Wildman–Crippen LogP) is 1.99. The maximum absolute atomic E-state index is 11.1. The average molecular weight is 286 g/mol. The van der Waals surface area contributed by atoms with Crippen molar-refractivity contribution >= 4 is 10.0 Å². The highest BCUT2D eigenvalue weighted by Crippen LogP contribution is 2.14. The molecule has 0 radical (unpaired) electrons. The Labute approximate surface area is 118 Å². The van der Waals surface area contributed by atoms with Crippen LogP contribution in [0.15, 0.2) is 53.4 Å². The van der Waals surface area contributed by atoms with Crippen molar-refractivity contribution in [3.05, 3.63) is 65.2 Å². The number of sulfonamides is 1. The minimum atomic E-state index is -3.64. The fourth-order valence-corrected chi connectivity index (χ4v) is 2.49. The number of nitriles is 1. The summed E-state index contributed by atoms with van der Waals surface area (Å²) in [6, 6.07) is 16.1. The Morgan fingerprint density at radius 2 is 1.65 bits per heavy atom. The number of hydrogen-bond acceptors (Lipinski definition) is 3. The van der Waals surface area contributed by atoms with Gasteiger partial charge in [-0.15, -0.1) is 0 Å². The highest BCUT2D eigenvalue weighted by Gasteiger charge is 2.07. The molecule has 2 N–H and O–H groups in total. The molecule has 0 amide bonds. The molecule has 102 valence electrons. The zero-order valence-electron chi connectivity index (χ0n) is 10.8. The van der Waals surface area contributed by atoms with Crippen LogP contribution in [0.25, 0.3) is 0 Å². The van der Waals surface area contributed by atoms with Crippen LogP contribution >= 0.6 is 0 Å². The van der Waals surface area contributed by atoms with Gasteiger partial charge in [0, 0.05) is 0 Å². The summed E-state index contributed by atoms with van der Waals surface area (Å²) < 4.78 is 22.3. The molecule has 20 heavy (non-hydrogen) atoms. The highest BCUT2D eigenvalue weighted by molar-refractivity contribution is 7.89. The summed E-state index contributed by atoms with van der Waals surface area (Å²) in [5.74, 6) is 0. The van der Waals surface area contributed by atoms with E-state index in [2.05, 4.69) is 6.07 Å². The Morgan fingerprint density at radius 3 is 2.25 bits per heavy atom. The van der Waals surface area contributed by atoms with Gasteiger partial charge in [0.2, 0.25) is 10.0 Å². The summed E-state index contributed by atoms with van der Waals surface area (Å²) in [5, 5.41) is 14.1. The van der Waals surface area contributed by atoms with Crippen LogP contribution in [0.3, 0.4) is 0 Å². The lowest BCUT2D eigenvalue weighted by molar-refractivity contribution is 0.598. The van der Waals surface area contributed by atoms with Gasteiger partial charge in [0.15, 0.2) is 0 Å². The predicted molar refractivity (Wildman–Crippen MR) is 76.4 cm³/mol. The number of nitrogens with two attached hydrogens (primary N) is 1. The quantitative estimate of drug-likeness (QED) is 0.932. The average Bonchev–Trinajstić information content (AvgIpc) is 2.45. The largest absolute Gasteiger partial charge is 0.238 e. The van der Waals surface area contributed by atoms with Crippen LogP contribution in [-0.4, -0.2) is 8.42 Å². The van der Waals surface area contributed by atoms with Crippen LogP contribution < -0.4 is 5.14 Å². The second-order valence-corrected chi connectivity index (χ2v) is 6.02. The molecule has 2 aromatic rings. The van der Waals surface area contributed by atoms with E-state index in [0.717, 1.165) is 24.0 Å². The Bertz CT molecular complexity index is 744. The van der Waals surface area contributed by atoms with Crippen molar-refractivity contribution < 1.29 is 8.42 Å². The number of hydrogen-bond donors (Lipinski definition) is 1. The monoisotopic (exact) mass is 286 g/mol. The van der Waals surface area contributed by atoms with E-state index < -0.39 is 10.0 Å². The van der Waals surface area contributed by atoms with Crippen LogP contribution in [0.5, 0.6) is 0 Å². The maximum atomic E-state index is 11.1. The fraction of sp³-hybridized carbons (Fsp3) is 0.133. The van der Waals surface area contributed by atoms with Crippen LogP contribution in [0.4, 0.5) is 0 Å². The van der Waals surface area contributed by atoms with Crippen molar-refractivity contribution in [1.29, 1.82) is 5.26 Å². The molecule has 0 saturated carbocycles. The molecule has 0 fully saturated rings. The lowest BCUT2D eigenvalue weighted by atomic mass is 10.0. The molecule has 0 spiro atoms. The van der Waals surface area contributed by atoms with E-state index in [-0.39, 0.29) is 4.90 Å². The summed E-state index contributed by atoms with van der Waals surface area (Å²) in [4.78, 5) is 0.110. The molecule has 0 saturated heterocycles. The van der Waals surface area contributed by atoms with Gasteiger partial charge in [0.1, 0.15) is 0 Å². The van der Waals surface area contributed by atoms with E-state index in [9.17, 15) is 8.42 Å². The molecule has 2 aromatic carbocycles. The molecular weight excluding hydrogens is 272 g/mol. The van der Waals surface area contributed by atoms with Gasteiger partial charge in [-0.2, -0.15) is 5.26 Å². The molecule has 0 bridgehead atoms. The maximum Gasteiger partial charge on any atom is 0.238 e. The summed E-state index contributed by atoms with van der Waals surface area (Å²) in [6.45, 7) is 0. The molecule has 0 aromatic heterocycles. The van der Waals surface area contributed by atoms with E-state index in [1.165, 1.54) is 12.1 Å². The first-order chi connectivity index (χ1) is 9.50. The second kappa shape index (κ2) is 5.87. The van der Waals surface area contributed by atoms with Crippen LogP contribution in [0.1, 0.15) is 16.7 Å². The Morgan fingerprint density at radius 1 is 1.00 bits per heavy atom. The summed E-state index contributed by atoms with van der Waals surface area (Å²) >= 11 is 0. The Balaban J connectivity index is 2.10. The van der Waals surface area contributed by atoms with Gasteiger partial charge in [-0.25, -0.2) is 13.6 Å². The highest BCUT2D eigenvalue weighted by atomic mass is 32.2. The first-order valence-corrected chi connectivity index (χ1v) is 7.65. The molecule has 0 unspecified atom stereocenters. The first kappa shape index (κ1) is 14.3. The number of nitrogens with zero attached hydrogens (tertiary/aromatic N) is 1. The van der Waals surface area contributed by atoms with Crippen LogP contribution in [0, 0.1) is 11.3 Å². The molecule has 0 atom stereocenters. The lowest BCUT2D eigenvalue weighted by Gasteiger charge is -2.05. The van der Waals surface area contributed by atoms with Gasteiger partial charge >= 0.3 is 0 Å². The molecule has 4 nitrogen and oxygen atoms in total. The third-order valence-corrected chi connectivity index (χ3v) is 4.00. The van der Waals surface area contributed by atoms with Gasteiger partial charge in [-0.3, -0.25) is 0 Å². The minimum absolute atomic E-state index is 0.110. The van der Waals surface area contributed by atoms with Crippen LogP contribution in [-0.2, 0) is 22.9 Å². The van der Waals surface area contributed by atoms with Crippen molar-refractivity contribution in [1.82, 2.24) is 0 Å². The smallest absolute Gasteiger partial charge is 0.225 e. The minimum Gasteiger partial charge on any atom is -0.225 e. The van der Waals surface area contributed by atoms with Crippen molar-refractivity contribution in [2.24, 2.45) is 5.14 Å². The molecular formula is C15H14N2O2S. The second-order valence-electron chi connectivity index (χ2n) is 4.46. The van der Waals surface area contributed by atoms with E-state index in [1.54, 1.807) is 18.2 Å². The summed E-state index contributed by atoms with van der Waals surface area (Å²) in [7, 11) is -3.64. The van der Waals surface area contributed by atoms with Gasteiger partial charge in [0.25, 0.3) is 0 Å². The van der Waals surface area contributed by atoms with Gasteiger partial charge in [0.05, 0.1) is 16.5 Å². The molecule has 0 heterocycles. The third-order valence-electron chi connectivity index (χ3n) is 3.07. The van der Waals surface area contributed by atoms with Crippen molar-refractivity contribution in [2.45, 2.75) is 17.7 Å². The molecule has 0 aliphatic rings. The topological polar surface area (TPSA) is 83.9 Å². The lowest BCUT2D eigenvalue weighted by Crippen LogP contribution is -2.11. The Kier molecular flexibility index (Phi) is 4.18. The van der Waals surface area contributed by atoms with Gasteiger partial charge in [-0.1, -0.05) is 30.3 Å². The molecule has 0 aliphatic carbocycles. The van der Waals surface area contributed by atoms with E-state index in [0.29, 0.717) is 5.56 Å². The number of aryl methyl sites for hydroxylation is 2. The zero-order valence-corrected chi connectivity index (χ0v) is 11.6. The summed E-state index contributed by atoms with van der Waals surface area (Å²) in [5.41, 5.74) is 2.67. The molecule has 5 heteroatoms. The number of primary sulfonamides is 1. The van der Waals surface area contributed by atoms with Crippen LogP contribution in [0.2, 0.25) is 0 Å². The van der Waals surface area contributed by atoms with Crippen molar-refractivity contribution in [3.63, 3.8) is 0 Å². The Hall–Kier alpha value is -2.16. The van der Waals surface area contributed by atoms with Crippen molar-refractivity contribution in [3.8, 4) is 6.07 Å². The van der Waals surface area contributed by atoms with Gasteiger partial charge < -0.3 is 0 Å². The zero-order chi connectivity index (χ0) is 14.6. The fourth-order valence-electron chi connectivity index (χ4n) is 1.97. The van der Waals surface area contributed by atoms with E-state index >= 15 is 0 Å². The normalized spacial score (nSPS) is 11.0. The number of benzene rings is 2. The SMILES string of the molecule is N#Cc1ccccc1CCc1ccc(S(N)(=O)=O)cc1. The van der Waals surface area contributed by atoms with E-state index in [4.69, 9.17) is 10.4 Å². The molecule has 2 rings (SSSR count). The van der Waals surface area contributed by atoms with Crippen molar-refractivity contribution in [2.75, 3.05) is 0 Å². The molecule has 0 aliphatic heterocycles. The standard InChI is InChI=1S/C15H14N2O2S/c16-11-14-4-2-1-3-13(14)8-5-12-6-9-15(10-7-12)20(17,18)19/h1-4,6-7,9-10H,5,8H2,(H2,17,18,19). The third kappa shape index (κ3) is 3.44. The summed E-state index contributed by atoms with van der Waals surface area (Å²) in [6.07, 6.45) is 1.47. The van der Waals surface area contributed by atoms with E-state index in [1.807, 2.05) is 18.2 Å².